The first-order valence-electron chi connectivity index (χ1n) is 8.14. The van der Waals surface area contributed by atoms with E-state index in [-0.39, 0.29) is 18.1 Å². The van der Waals surface area contributed by atoms with E-state index in [2.05, 4.69) is 0 Å². The van der Waals surface area contributed by atoms with Crippen molar-refractivity contribution in [2.24, 2.45) is 0 Å². The lowest BCUT2D eigenvalue weighted by atomic mass is 9.98. The normalized spacial score (nSPS) is 10.8. The Morgan fingerprint density at radius 2 is 1.73 bits per heavy atom. The largest absolute Gasteiger partial charge is 0.504 e. The first-order valence-corrected chi connectivity index (χ1v) is 8.14. The molecular formula is C21H22O5. The van der Waals surface area contributed by atoms with Gasteiger partial charge in [-0.25, -0.2) is 4.79 Å². The second kappa shape index (κ2) is 8.34. The maximum Gasteiger partial charge on any atom is 0.331 e. The number of phenolic OH excluding ortho intramolecular Hbond substituents is 1. The predicted octanol–water partition coefficient (Wildman–Crippen LogP) is 3.77. The molecule has 26 heavy (non-hydrogen) atoms. The average Bonchev–Trinajstić information content (AvgIpc) is 2.62. The van der Waals surface area contributed by atoms with Crippen molar-refractivity contribution in [3.05, 3.63) is 64.2 Å². The summed E-state index contributed by atoms with van der Waals surface area (Å²) in [4.78, 5) is 24.1. The molecule has 0 amide bonds. The van der Waals surface area contributed by atoms with Gasteiger partial charge in [0.2, 0.25) is 5.78 Å². The molecule has 5 nitrogen and oxygen atoms in total. The number of carbonyl (C=O) groups excluding carboxylic acids is 2. The van der Waals surface area contributed by atoms with Crippen molar-refractivity contribution >= 4 is 17.8 Å². The van der Waals surface area contributed by atoms with Crippen molar-refractivity contribution in [1.29, 1.82) is 0 Å². The lowest BCUT2D eigenvalue weighted by Crippen LogP contribution is -2.14. The van der Waals surface area contributed by atoms with E-state index in [1.54, 1.807) is 12.1 Å². The standard InChI is InChI=1S/C21H22O5/c1-13-9-15(3)17(10-14(13)2)19(23)12-26-21(24)8-6-16-5-7-18(22)20(11-16)25-4/h5-11,22H,12H2,1-4H3/b8-6+. The van der Waals surface area contributed by atoms with Gasteiger partial charge in [0.1, 0.15) is 0 Å². The second-order valence-electron chi connectivity index (χ2n) is 6.05. The minimum atomic E-state index is -0.619. The van der Waals surface area contributed by atoms with E-state index in [9.17, 15) is 14.7 Å². The quantitative estimate of drug-likeness (QED) is 0.486. The monoisotopic (exact) mass is 354 g/mol. The number of hydrogen-bond donors (Lipinski definition) is 1. The van der Waals surface area contributed by atoms with Gasteiger partial charge in [0.05, 0.1) is 7.11 Å². The van der Waals surface area contributed by atoms with Crippen molar-refractivity contribution in [2.45, 2.75) is 20.8 Å². The number of esters is 1. The number of methoxy groups -OCH3 is 1. The zero-order chi connectivity index (χ0) is 19.3. The summed E-state index contributed by atoms with van der Waals surface area (Å²) >= 11 is 0. The molecule has 0 aliphatic heterocycles. The van der Waals surface area contributed by atoms with Crippen molar-refractivity contribution in [1.82, 2.24) is 0 Å². The Kier molecular flexibility index (Phi) is 6.17. The minimum absolute atomic E-state index is 0.0154. The van der Waals surface area contributed by atoms with E-state index in [1.807, 2.05) is 32.9 Å². The molecule has 0 heterocycles. The molecule has 0 spiro atoms. The van der Waals surface area contributed by atoms with Crippen LogP contribution in [0.2, 0.25) is 0 Å². The molecule has 0 bridgehead atoms. The van der Waals surface area contributed by atoms with Gasteiger partial charge >= 0.3 is 5.97 Å². The number of ketones is 1. The zero-order valence-corrected chi connectivity index (χ0v) is 15.3. The van der Waals surface area contributed by atoms with Crippen LogP contribution in [-0.2, 0) is 9.53 Å². The topological polar surface area (TPSA) is 72.8 Å². The van der Waals surface area contributed by atoms with Crippen molar-refractivity contribution in [3.63, 3.8) is 0 Å². The van der Waals surface area contributed by atoms with Crippen LogP contribution >= 0.6 is 0 Å². The van der Waals surface area contributed by atoms with Crippen molar-refractivity contribution in [3.8, 4) is 11.5 Å². The Morgan fingerprint density at radius 3 is 2.42 bits per heavy atom. The molecule has 2 aromatic rings. The second-order valence-corrected chi connectivity index (χ2v) is 6.05. The summed E-state index contributed by atoms with van der Waals surface area (Å²) < 4.78 is 10.0. The van der Waals surface area contributed by atoms with Gasteiger partial charge in [0, 0.05) is 11.6 Å². The number of benzene rings is 2. The third-order valence-electron chi connectivity index (χ3n) is 4.10. The third kappa shape index (κ3) is 4.72. The Balaban J connectivity index is 1.98. The number of Topliss-reactive ketones (excluding diaryl/α,β-unsaturated/α-hetero) is 1. The Hall–Kier alpha value is -3.08. The number of ether oxygens (including phenoxy) is 2. The number of carbonyl (C=O) groups is 2. The number of aryl methyl sites for hydroxylation is 3. The molecule has 0 fully saturated rings. The Morgan fingerprint density at radius 1 is 1.04 bits per heavy atom. The van der Waals surface area contributed by atoms with E-state index in [4.69, 9.17) is 9.47 Å². The first kappa shape index (κ1) is 19.2. The molecule has 0 saturated carbocycles. The van der Waals surface area contributed by atoms with Gasteiger partial charge in [-0.3, -0.25) is 4.79 Å². The molecule has 0 atom stereocenters. The SMILES string of the molecule is COc1cc(/C=C/C(=O)OCC(=O)c2cc(C)c(C)cc2C)ccc1O. The van der Waals surface area contributed by atoms with Gasteiger partial charge < -0.3 is 14.6 Å². The molecule has 2 rings (SSSR count). The van der Waals surface area contributed by atoms with Crippen LogP contribution in [0.5, 0.6) is 11.5 Å². The highest BCUT2D eigenvalue weighted by Crippen LogP contribution is 2.26. The van der Waals surface area contributed by atoms with Gasteiger partial charge in [-0.15, -0.1) is 0 Å². The highest BCUT2D eigenvalue weighted by Gasteiger charge is 2.12. The molecule has 0 aliphatic rings. The van der Waals surface area contributed by atoms with E-state index < -0.39 is 5.97 Å². The molecule has 0 aliphatic carbocycles. The van der Waals surface area contributed by atoms with Gasteiger partial charge in [0.25, 0.3) is 0 Å². The van der Waals surface area contributed by atoms with Crippen LogP contribution in [0.3, 0.4) is 0 Å². The van der Waals surface area contributed by atoms with Gasteiger partial charge in [-0.2, -0.15) is 0 Å². The van der Waals surface area contributed by atoms with E-state index >= 15 is 0 Å². The molecule has 2 aromatic carbocycles. The average molecular weight is 354 g/mol. The molecule has 136 valence electrons. The fourth-order valence-electron chi connectivity index (χ4n) is 2.49. The Bertz CT molecular complexity index is 865. The summed E-state index contributed by atoms with van der Waals surface area (Å²) in [5.41, 5.74) is 4.22. The zero-order valence-electron chi connectivity index (χ0n) is 15.3. The van der Waals surface area contributed by atoms with Gasteiger partial charge in [0.15, 0.2) is 18.1 Å². The number of rotatable bonds is 6. The van der Waals surface area contributed by atoms with Crippen LogP contribution in [0.1, 0.15) is 32.6 Å². The minimum Gasteiger partial charge on any atom is -0.504 e. The van der Waals surface area contributed by atoms with E-state index in [0.717, 1.165) is 16.7 Å². The highest BCUT2D eigenvalue weighted by molar-refractivity contribution is 6.00. The molecular weight excluding hydrogens is 332 g/mol. The molecule has 5 heteroatoms. The van der Waals surface area contributed by atoms with Crippen molar-refractivity contribution in [2.75, 3.05) is 13.7 Å². The van der Waals surface area contributed by atoms with Gasteiger partial charge in [-0.05, 0) is 67.3 Å². The summed E-state index contributed by atoms with van der Waals surface area (Å²) in [6.07, 6.45) is 2.75. The Labute approximate surface area is 152 Å². The lowest BCUT2D eigenvalue weighted by Gasteiger charge is -2.09. The van der Waals surface area contributed by atoms with Crippen LogP contribution in [0.15, 0.2) is 36.4 Å². The van der Waals surface area contributed by atoms with Gasteiger partial charge in [-0.1, -0.05) is 12.1 Å². The van der Waals surface area contributed by atoms with Crippen LogP contribution in [0, 0.1) is 20.8 Å². The fraction of sp³-hybridized carbons (Fsp3) is 0.238. The molecule has 0 saturated heterocycles. The molecule has 0 radical (unpaired) electrons. The predicted molar refractivity (Wildman–Crippen MR) is 99.6 cm³/mol. The number of aromatic hydroxyl groups is 1. The number of hydrogen-bond acceptors (Lipinski definition) is 5. The third-order valence-corrected chi connectivity index (χ3v) is 4.10. The summed E-state index contributed by atoms with van der Waals surface area (Å²) in [5, 5.41) is 9.55. The van der Waals surface area contributed by atoms with E-state index in [0.29, 0.717) is 16.9 Å². The smallest absolute Gasteiger partial charge is 0.331 e. The van der Waals surface area contributed by atoms with Crippen LogP contribution in [-0.4, -0.2) is 30.6 Å². The van der Waals surface area contributed by atoms with Crippen LogP contribution in [0.25, 0.3) is 6.08 Å². The maximum atomic E-state index is 12.3. The fourth-order valence-corrected chi connectivity index (χ4v) is 2.49. The molecule has 0 unspecified atom stereocenters. The summed E-state index contributed by atoms with van der Waals surface area (Å²) in [5.74, 6) is -0.534. The van der Waals surface area contributed by atoms with E-state index in [1.165, 1.54) is 25.3 Å². The number of phenols is 1. The molecule has 1 N–H and O–H groups in total. The lowest BCUT2D eigenvalue weighted by molar-refractivity contribution is -0.136. The summed E-state index contributed by atoms with van der Waals surface area (Å²) in [6.45, 7) is 5.47. The van der Waals surface area contributed by atoms with Crippen molar-refractivity contribution < 1.29 is 24.2 Å². The maximum absolute atomic E-state index is 12.3. The van der Waals surface area contributed by atoms with Crippen LogP contribution < -0.4 is 4.74 Å². The summed E-state index contributed by atoms with van der Waals surface area (Å²) in [7, 11) is 1.44. The van der Waals surface area contributed by atoms with Crippen LogP contribution in [0.4, 0.5) is 0 Å². The summed E-state index contributed by atoms with van der Waals surface area (Å²) in [6, 6.07) is 8.45. The first-order chi connectivity index (χ1) is 12.3. The molecule has 0 aromatic heterocycles. The highest BCUT2D eigenvalue weighted by atomic mass is 16.5.